The van der Waals surface area contributed by atoms with E-state index in [-0.39, 0.29) is 0 Å². The molecule has 1 aliphatic rings. The van der Waals surface area contributed by atoms with E-state index in [1.165, 1.54) is 0 Å². The third-order valence-electron chi connectivity index (χ3n) is 4.29. The van der Waals surface area contributed by atoms with E-state index in [1.807, 2.05) is 13.8 Å². The maximum atomic E-state index is 12.0. The molecule has 0 amide bonds. The fourth-order valence-corrected chi connectivity index (χ4v) is 2.81. The standard InChI is InChI=1S/C16H31NO3/c1-4-5-6-7-8-14(18)15(19)20-16(2,3)13-9-11-17-12-10-13/h13-14,17-18H,4-12H2,1-3H3. The molecular weight excluding hydrogens is 254 g/mol. The first-order chi connectivity index (χ1) is 9.47. The van der Waals surface area contributed by atoms with Crippen LogP contribution in [0.1, 0.15) is 65.7 Å². The average Bonchev–Trinajstić information content (AvgIpc) is 2.44. The highest BCUT2D eigenvalue weighted by molar-refractivity contribution is 5.74. The fourth-order valence-electron chi connectivity index (χ4n) is 2.81. The van der Waals surface area contributed by atoms with E-state index < -0.39 is 17.7 Å². The zero-order valence-corrected chi connectivity index (χ0v) is 13.3. The zero-order chi connectivity index (χ0) is 15.0. The normalized spacial score (nSPS) is 18.8. The van der Waals surface area contributed by atoms with Crippen LogP contribution in [0.4, 0.5) is 0 Å². The van der Waals surface area contributed by atoms with Gasteiger partial charge in [-0.15, -0.1) is 0 Å². The van der Waals surface area contributed by atoms with Crippen molar-refractivity contribution in [3.8, 4) is 0 Å². The summed E-state index contributed by atoms with van der Waals surface area (Å²) in [4.78, 5) is 12.0. The van der Waals surface area contributed by atoms with Crippen molar-refractivity contribution in [1.82, 2.24) is 5.32 Å². The van der Waals surface area contributed by atoms with Crippen LogP contribution in [0.3, 0.4) is 0 Å². The lowest BCUT2D eigenvalue weighted by molar-refractivity contribution is -0.173. The maximum Gasteiger partial charge on any atom is 0.335 e. The summed E-state index contributed by atoms with van der Waals surface area (Å²) in [6.45, 7) is 8.03. The summed E-state index contributed by atoms with van der Waals surface area (Å²) in [5.41, 5.74) is -0.483. The van der Waals surface area contributed by atoms with Gasteiger partial charge in [0.1, 0.15) is 5.60 Å². The minimum absolute atomic E-state index is 0.375. The van der Waals surface area contributed by atoms with Crippen LogP contribution in [0.15, 0.2) is 0 Å². The molecule has 118 valence electrons. The van der Waals surface area contributed by atoms with Crippen molar-refractivity contribution in [2.45, 2.75) is 77.4 Å². The van der Waals surface area contributed by atoms with Gasteiger partial charge in [-0.1, -0.05) is 32.6 Å². The monoisotopic (exact) mass is 285 g/mol. The second kappa shape index (κ2) is 8.63. The lowest BCUT2D eigenvalue weighted by atomic mass is 9.83. The van der Waals surface area contributed by atoms with Crippen LogP contribution in [-0.2, 0) is 9.53 Å². The molecular formula is C16H31NO3. The SMILES string of the molecule is CCCCCCC(O)C(=O)OC(C)(C)C1CCNCC1. The maximum absolute atomic E-state index is 12.0. The number of carbonyl (C=O) groups is 1. The molecule has 0 aromatic heterocycles. The predicted octanol–water partition coefficient (Wildman–Crippen LogP) is 2.64. The number of ether oxygens (including phenoxy) is 1. The Morgan fingerprint density at radius 2 is 1.95 bits per heavy atom. The Bertz CT molecular complexity index is 285. The van der Waals surface area contributed by atoms with Gasteiger partial charge in [0.2, 0.25) is 0 Å². The van der Waals surface area contributed by atoms with E-state index in [1.54, 1.807) is 0 Å². The van der Waals surface area contributed by atoms with Gasteiger partial charge in [0.15, 0.2) is 6.10 Å². The minimum Gasteiger partial charge on any atom is -0.457 e. The molecule has 1 heterocycles. The lowest BCUT2D eigenvalue weighted by Crippen LogP contribution is -2.44. The molecule has 0 aromatic carbocycles. The van der Waals surface area contributed by atoms with Crippen LogP contribution >= 0.6 is 0 Å². The van der Waals surface area contributed by atoms with Crippen molar-refractivity contribution >= 4 is 5.97 Å². The van der Waals surface area contributed by atoms with Crippen LogP contribution < -0.4 is 5.32 Å². The number of rotatable bonds is 8. The Hall–Kier alpha value is -0.610. The number of aliphatic hydroxyl groups is 1. The smallest absolute Gasteiger partial charge is 0.335 e. The highest BCUT2D eigenvalue weighted by atomic mass is 16.6. The molecule has 20 heavy (non-hydrogen) atoms. The number of unbranched alkanes of at least 4 members (excludes halogenated alkanes) is 3. The molecule has 0 saturated carbocycles. The molecule has 1 aliphatic heterocycles. The van der Waals surface area contributed by atoms with Gasteiger partial charge < -0.3 is 15.2 Å². The third-order valence-corrected chi connectivity index (χ3v) is 4.29. The molecule has 4 heteroatoms. The molecule has 1 rings (SSSR count). The van der Waals surface area contributed by atoms with E-state index in [0.717, 1.165) is 51.6 Å². The summed E-state index contributed by atoms with van der Waals surface area (Å²) >= 11 is 0. The molecule has 2 N–H and O–H groups in total. The molecule has 1 fully saturated rings. The summed E-state index contributed by atoms with van der Waals surface area (Å²) in [7, 11) is 0. The third kappa shape index (κ3) is 5.80. The average molecular weight is 285 g/mol. The first-order valence-electron chi connectivity index (χ1n) is 8.09. The van der Waals surface area contributed by atoms with E-state index in [2.05, 4.69) is 12.2 Å². The first kappa shape index (κ1) is 17.4. The van der Waals surface area contributed by atoms with E-state index >= 15 is 0 Å². The van der Waals surface area contributed by atoms with Crippen LogP contribution in [0.2, 0.25) is 0 Å². The van der Waals surface area contributed by atoms with Gasteiger partial charge in [-0.25, -0.2) is 4.79 Å². The lowest BCUT2D eigenvalue weighted by Gasteiger charge is -2.37. The van der Waals surface area contributed by atoms with Gasteiger partial charge in [-0.05, 0) is 46.2 Å². The van der Waals surface area contributed by atoms with Gasteiger partial charge >= 0.3 is 5.97 Å². The van der Waals surface area contributed by atoms with Crippen LogP contribution in [0, 0.1) is 5.92 Å². The van der Waals surface area contributed by atoms with Crippen molar-refractivity contribution in [3.05, 3.63) is 0 Å². The molecule has 1 unspecified atom stereocenters. The summed E-state index contributed by atoms with van der Waals surface area (Å²) < 4.78 is 5.58. The van der Waals surface area contributed by atoms with Crippen molar-refractivity contribution in [2.24, 2.45) is 5.92 Å². The second-order valence-corrected chi connectivity index (χ2v) is 6.41. The summed E-state index contributed by atoms with van der Waals surface area (Å²) in [5, 5.41) is 13.2. The van der Waals surface area contributed by atoms with Crippen molar-refractivity contribution in [2.75, 3.05) is 13.1 Å². The van der Waals surface area contributed by atoms with Crippen molar-refractivity contribution in [3.63, 3.8) is 0 Å². The zero-order valence-electron chi connectivity index (χ0n) is 13.3. The van der Waals surface area contributed by atoms with Gasteiger partial charge in [0.05, 0.1) is 0 Å². The van der Waals surface area contributed by atoms with Crippen LogP contribution in [0.25, 0.3) is 0 Å². The summed E-state index contributed by atoms with van der Waals surface area (Å²) in [6, 6.07) is 0. The molecule has 4 nitrogen and oxygen atoms in total. The Morgan fingerprint density at radius 3 is 2.55 bits per heavy atom. The fraction of sp³-hybridized carbons (Fsp3) is 0.938. The molecule has 0 bridgehead atoms. The molecule has 1 saturated heterocycles. The number of nitrogens with one attached hydrogen (secondary N) is 1. The highest BCUT2D eigenvalue weighted by Crippen LogP contribution is 2.29. The van der Waals surface area contributed by atoms with Crippen LogP contribution in [0.5, 0.6) is 0 Å². The predicted molar refractivity (Wildman–Crippen MR) is 80.5 cm³/mol. The number of aliphatic hydroxyl groups excluding tert-OH is 1. The van der Waals surface area contributed by atoms with Crippen molar-refractivity contribution in [1.29, 1.82) is 0 Å². The molecule has 0 aromatic rings. The Labute approximate surface area is 123 Å². The molecule has 0 aliphatic carbocycles. The van der Waals surface area contributed by atoms with E-state index in [9.17, 15) is 9.90 Å². The van der Waals surface area contributed by atoms with Gasteiger partial charge in [-0.2, -0.15) is 0 Å². The van der Waals surface area contributed by atoms with Crippen LogP contribution in [-0.4, -0.2) is 35.9 Å². The summed E-state index contributed by atoms with van der Waals surface area (Å²) in [5.74, 6) is -0.0787. The van der Waals surface area contributed by atoms with Gasteiger partial charge in [-0.3, -0.25) is 0 Å². The van der Waals surface area contributed by atoms with Gasteiger partial charge in [0.25, 0.3) is 0 Å². The topological polar surface area (TPSA) is 58.6 Å². The Kier molecular flexibility index (Phi) is 7.52. The van der Waals surface area contributed by atoms with Crippen molar-refractivity contribution < 1.29 is 14.6 Å². The van der Waals surface area contributed by atoms with E-state index in [0.29, 0.717) is 12.3 Å². The number of hydrogen-bond donors (Lipinski definition) is 2. The quantitative estimate of drug-likeness (QED) is 0.532. The molecule has 0 spiro atoms. The minimum atomic E-state index is -0.965. The van der Waals surface area contributed by atoms with Gasteiger partial charge in [0, 0.05) is 5.92 Å². The number of esters is 1. The van der Waals surface area contributed by atoms with E-state index in [4.69, 9.17) is 4.74 Å². The highest BCUT2D eigenvalue weighted by Gasteiger charge is 2.35. The number of hydrogen-bond acceptors (Lipinski definition) is 4. The largest absolute Gasteiger partial charge is 0.457 e. The number of piperidine rings is 1. The Morgan fingerprint density at radius 1 is 1.30 bits per heavy atom. The first-order valence-corrected chi connectivity index (χ1v) is 8.09. The Balaban J connectivity index is 2.34. The number of carbonyl (C=O) groups excluding carboxylic acids is 1. The summed E-state index contributed by atoms with van der Waals surface area (Å²) in [6.07, 6.45) is 5.86. The molecule has 1 atom stereocenters. The second-order valence-electron chi connectivity index (χ2n) is 6.41. The molecule has 0 radical (unpaired) electrons.